The van der Waals surface area contributed by atoms with Crippen LogP contribution in [0.25, 0.3) is 0 Å². The molecule has 48 valence electrons. The van der Waals surface area contributed by atoms with Gasteiger partial charge in [-0.15, -0.1) is 0 Å². The molecular formula is C5H10FNO. The Labute approximate surface area is 47.7 Å². The Balaban J connectivity index is 2.28. The molecule has 2 N–H and O–H groups in total. The fourth-order valence-corrected chi connectivity index (χ4v) is 0.810. The molecule has 0 aromatic rings. The van der Waals surface area contributed by atoms with Crippen molar-refractivity contribution >= 4 is 0 Å². The van der Waals surface area contributed by atoms with Crippen LogP contribution in [-0.4, -0.2) is 30.5 Å². The smallest absolute Gasteiger partial charge is 0.128 e. The van der Waals surface area contributed by atoms with Crippen molar-refractivity contribution in [2.45, 2.75) is 18.7 Å². The summed E-state index contributed by atoms with van der Waals surface area (Å²) in [5.74, 6) is 0. The number of nitrogens with one attached hydrogen (secondary N) is 1. The van der Waals surface area contributed by atoms with Gasteiger partial charge in [-0.3, -0.25) is 0 Å². The van der Waals surface area contributed by atoms with E-state index in [1.807, 2.05) is 0 Å². The first-order chi connectivity index (χ1) is 3.80. The minimum atomic E-state index is -1.00. The van der Waals surface area contributed by atoms with Crippen molar-refractivity contribution in [1.82, 2.24) is 5.32 Å². The summed E-state index contributed by atoms with van der Waals surface area (Å²) < 4.78 is 12.3. The average Bonchev–Trinajstić information content (AvgIpc) is 1.77. The number of halogens is 1. The van der Waals surface area contributed by atoms with Crippen LogP contribution in [0.1, 0.15) is 6.42 Å². The van der Waals surface area contributed by atoms with Crippen LogP contribution < -0.4 is 5.32 Å². The van der Waals surface area contributed by atoms with Gasteiger partial charge in [0.05, 0.1) is 6.10 Å². The number of alkyl halides is 1. The highest BCUT2D eigenvalue weighted by Gasteiger charge is 2.20. The molecule has 1 aliphatic heterocycles. The summed E-state index contributed by atoms with van der Waals surface area (Å²) in [4.78, 5) is 0. The van der Waals surface area contributed by atoms with E-state index in [2.05, 4.69) is 5.32 Å². The lowest BCUT2D eigenvalue weighted by atomic mass is 10.1. The predicted molar refractivity (Wildman–Crippen MR) is 28.4 cm³/mol. The Bertz CT molecular complexity index is 68.8. The molecule has 1 rings (SSSR count). The summed E-state index contributed by atoms with van der Waals surface area (Å²) in [7, 11) is 0. The number of rotatable bonds is 0. The topological polar surface area (TPSA) is 32.3 Å². The maximum absolute atomic E-state index is 12.3. The molecule has 0 aliphatic carbocycles. The average molecular weight is 119 g/mol. The van der Waals surface area contributed by atoms with Gasteiger partial charge >= 0.3 is 0 Å². The summed E-state index contributed by atoms with van der Waals surface area (Å²) in [6, 6.07) is 0. The first-order valence-corrected chi connectivity index (χ1v) is 2.83. The number of β-amino-alcohol motifs (C(OH)–C–C–N with tert-alkyl or cyclic N) is 1. The molecule has 8 heavy (non-hydrogen) atoms. The molecule has 2 atom stereocenters. The molecule has 1 saturated heterocycles. The van der Waals surface area contributed by atoms with E-state index in [1.165, 1.54) is 0 Å². The van der Waals surface area contributed by atoms with E-state index in [9.17, 15) is 4.39 Å². The van der Waals surface area contributed by atoms with Gasteiger partial charge in [0.25, 0.3) is 0 Å². The highest BCUT2D eigenvalue weighted by atomic mass is 19.1. The monoisotopic (exact) mass is 119 g/mol. The van der Waals surface area contributed by atoms with Crippen molar-refractivity contribution in [2.24, 2.45) is 0 Å². The molecule has 0 unspecified atom stereocenters. The zero-order valence-corrected chi connectivity index (χ0v) is 4.60. The Morgan fingerprint density at radius 2 is 2.38 bits per heavy atom. The summed E-state index contributed by atoms with van der Waals surface area (Å²) >= 11 is 0. The molecule has 1 heterocycles. The van der Waals surface area contributed by atoms with Crippen molar-refractivity contribution < 1.29 is 9.50 Å². The van der Waals surface area contributed by atoms with Crippen LogP contribution in [0.2, 0.25) is 0 Å². The van der Waals surface area contributed by atoms with Crippen molar-refractivity contribution in [3.63, 3.8) is 0 Å². The quantitative estimate of drug-likeness (QED) is 0.458. The maximum atomic E-state index is 12.3. The number of piperidine rings is 1. The maximum Gasteiger partial charge on any atom is 0.128 e. The SMILES string of the molecule is O[C@@H]1CNCC[C@@H]1F. The fraction of sp³-hybridized carbons (Fsp3) is 1.00. The Morgan fingerprint density at radius 3 is 2.75 bits per heavy atom. The number of aliphatic hydroxyl groups is 1. The van der Waals surface area contributed by atoms with Gasteiger partial charge in [0.1, 0.15) is 6.17 Å². The first-order valence-electron chi connectivity index (χ1n) is 2.83. The molecule has 0 radical (unpaired) electrons. The third kappa shape index (κ3) is 1.17. The van der Waals surface area contributed by atoms with E-state index < -0.39 is 12.3 Å². The molecule has 0 saturated carbocycles. The van der Waals surface area contributed by atoms with Gasteiger partial charge in [0.2, 0.25) is 0 Å². The van der Waals surface area contributed by atoms with Crippen molar-refractivity contribution in [3.05, 3.63) is 0 Å². The normalized spacial score (nSPS) is 39.8. The largest absolute Gasteiger partial charge is 0.389 e. The van der Waals surface area contributed by atoms with Crippen molar-refractivity contribution in [3.8, 4) is 0 Å². The second-order valence-electron chi connectivity index (χ2n) is 2.08. The Morgan fingerprint density at radius 1 is 1.62 bits per heavy atom. The third-order valence-electron chi connectivity index (χ3n) is 1.37. The highest BCUT2D eigenvalue weighted by molar-refractivity contribution is 4.75. The molecule has 2 nitrogen and oxygen atoms in total. The Hall–Kier alpha value is -0.150. The van der Waals surface area contributed by atoms with Crippen LogP contribution in [0.4, 0.5) is 4.39 Å². The molecule has 1 aliphatic rings. The summed E-state index contributed by atoms with van der Waals surface area (Å²) in [5, 5.41) is 11.6. The second kappa shape index (κ2) is 2.42. The van der Waals surface area contributed by atoms with Crippen molar-refractivity contribution in [1.29, 1.82) is 0 Å². The van der Waals surface area contributed by atoms with E-state index in [1.54, 1.807) is 0 Å². The summed E-state index contributed by atoms with van der Waals surface area (Å²) in [5.41, 5.74) is 0. The molecule has 0 bridgehead atoms. The van der Waals surface area contributed by atoms with Crippen LogP contribution in [0.3, 0.4) is 0 Å². The second-order valence-corrected chi connectivity index (χ2v) is 2.08. The van der Waals surface area contributed by atoms with Gasteiger partial charge in [-0.1, -0.05) is 0 Å². The van der Waals surface area contributed by atoms with Crippen molar-refractivity contribution in [2.75, 3.05) is 13.1 Å². The summed E-state index contributed by atoms with van der Waals surface area (Å²) in [6.07, 6.45) is -1.33. The van der Waals surface area contributed by atoms with E-state index in [4.69, 9.17) is 5.11 Å². The minimum Gasteiger partial charge on any atom is -0.389 e. The van der Waals surface area contributed by atoms with Crippen LogP contribution in [0, 0.1) is 0 Å². The number of hydrogen-bond acceptors (Lipinski definition) is 2. The van der Waals surface area contributed by atoms with E-state index in [-0.39, 0.29) is 0 Å². The fourth-order valence-electron chi connectivity index (χ4n) is 0.810. The molecule has 0 aromatic heterocycles. The standard InChI is InChI=1S/C5H10FNO/c6-4-1-2-7-3-5(4)8/h4-5,7-8H,1-3H2/t4-,5+/m0/s1. The lowest BCUT2D eigenvalue weighted by Crippen LogP contribution is -2.41. The molecule has 1 fully saturated rings. The number of aliphatic hydroxyl groups excluding tert-OH is 1. The zero-order valence-electron chi connectivity index (χ0n) is 4.60. The number of hydrogen-bond donors (Lipinski definition) is 2. The van der Waals surface area contributed by atoms with Gasteiger partial charge in [-0.05, 0) is 13.0 Å². The Kier molecular flexibility index (Phi) is 1.81. The van der Waals surface area contributed by atoms with Gasteiger partial charge in [0, 0.05) is 6.54 Å². The molecule has 0 aromatic carbocycles. The van der Waals surface area contributed by atoms with E-state index in [0.29, 0.717) is 19.5 Å². The molecule has 0 spiro atoms. The van der Waals surface area contributed by atoms with E-state index in [0.717, 1.165) is 0 Å². The minimum absolute atomic E-state index is 0.404. The molecule has 3 heteroatoms. The van der Waals surface area contributed by atoms with Gasteiger partial charge in [0.15, 0.2) is 0 Å². The molecule has 0 amide bonds. The lowest BCUT2D eigenvalue weighted by Gasteiger charge is -2.21. The van der Waals surface area contributed by atoms with Crippen LogP contribution in [0.5, 0.6) is 0 Å². The lowest BCUT2D eigenvalue weighted by molar-refractivity contribution is 0.0549. The van der Waals surface area contributed by atoms with Gasteiger partial charge in [-0.2, -0.15) is 0 Å². The first kappa shape index (κ1) is 5.98. The zero-order chi connectivity index (χ0) is 5.98. The predicted octanol–water partition coefficient (Wildman–Crippen LogP) is -0.321. The van der Waals surface area contributed by atoms with E-state index >= 15 is 0 Å². The van der Waals surface area contributed by atoms with Crippen LogP contribution >= 0.6 is 0 Å². The highest BCUT2D eigenvalue weighted by Crippen LogP contribution is 2.06. The van der Waals surface area contributed by atoms with Crippen LogP contribution in [0.15, 0.2) is 0 Å². The van der Waals surface area contributed by atoms with Gasteiger partial charge < -0.3 is 10.4 Å². The summed E-state index contributed by atoms with van der Waals surface area (Å²) in [6.45, 7) is 1.10. The van der Waals surface area contributed by atoms with Crippen LogP contribution in [-0.2, 0) is 0 Å². The van der Waals surface area contributed by atoms with Gasteiger partial charge in [-0.25, -0.2) is 4.39 Å². The molecular weight excluding hydrogens is 109 g/mol. The third-order valence-corrected chi connectivity index (χ3v) is 1.37.